The van der Waals surface area contributed by atoms with Crippen LogP contribution in [-0.4, -0.2) is 62.0 Å². The molecule has 2 amide bonds. The average molecular weight is 535 g/mol. The van der Waals surface area contributed by atoms with Gasteiger partial charge in [-0.1, -0.05) is 74.2 Å². The fourth-order valence-electron chi connectivity index (χ4n) is 5.54. The van der Waals surface area contributed by atoms with E-state index >= 15 is 0 Å². The number of ether oxygens (including phenoxy) is 2. The third-order valence-electron chi connectivity index (χ3n) is 7.77. The monoisotopic (exact) mass is 534 g/mol. The summed E-state index contributed by atoms with van der Waals surface area (Å²) in [7, 11) is 3.09. The Bertz CT molecular complexity index is 1180. The molecule has 8 heteroatoms. The van der Waals surface area contributed by atoms with Crippen molar-refractivity contribution >= 4 is 22.7 Å². The number of rotatable bonds is 13. The van der Waals surface area contributed by atoms with Crippen molar-refractivity contribution < 1.29 is 19.1 Å². The number of carbonyl (C=O) groups is 2. The number of carbonyl (C=O) groups excluding carboxylic acids is 2. The standard InChI is InChI=1S/C31H42N4O4/c1-38-28(39-2)22-34-29(36)27(20-24-21-33-26-15-9-8-14-25(24)26)35-31(17-10-3-4-11-18-31)30(37)32-19-16-23-12-6-5-7-13-23/h5-9,12-15,21,27-28,33,35H,3-4,10-11,16-20,22H2,1-2H3,(H,32,37)(H,34,36)/t27-/m0/s1. The average Bonchev–Trinajstić information content (AvgIpc) is 3.21. The molecule has 3 aromatic rings. The fraction of sp³-hybridized carbons (Fsp3) is 0.484. The second-order valence-corrected chi connectivity index (χ2v) is 10.4. The Balaban J connectivity index is 1.55. The van der Waals surface area contributed by atoms with Gasteiger partial charge in [-0.2, -0.15) is 0 Å². The van der Waals surface area contributed by atoms with E-state index in [2.05, 4.69) is 39.1 Å². The van der Waals surface area contributed by atoms with Gasteiger partial charge in [-0.15, -0.1) is 0 Å². The smallest absolute Gasteiger partial charge is 0.240 e. The van der Waals surface area contributed by atoms with Gasteiger partial charge in [0.15, 0.2) is 6.29 Å². The molecule has 0 aliphatic heterocycles. The van der Waals surface area contributed by atoms with Crippen LogP contribution in [0, 0.1) is 0 Å². The van der Waals surface area contributed by atoms with E-state index in [1.54, 1.807) is 14.2 Å². The lowest BCUT2D eigenvalue weighted by atomic mass is 9.87. The van der Waals surface area contributed by atoms with E-state index in [0.29, 0.717) is 25.8 Å². The summed E-state index contributed by atoms with van der Waals surface area (Å²) in [5.41, 5.74) is 2.42. The number of aromatic amines is 1. The van der Waals surface area contributed by atoms with E-state index in [0.717, 1.165) is 48.6 Å². The molecule has 1 fully saturated rings. The van der Waals surface area contributed by atoms with Gasteiger partial charge in [-0.05, 0) is 42.9 Å². The predicted octanol–water partition coefficient (Wildman–Crippen LogP) is 3.86. The second kappa shape index (κ2) is 14.3. The first kappa shape index (κ1) is 28.8. The Morgan fingerprint density at radius 2 is 1.62 bits per heavy atom. The molecule has 1 aromatic heterocycles. The Labute approximate surface area is 231 Å². The van der Waals surface area contributed by atoms with Crippen LogP contribution in [0.2, 0.25) is 0 Å². The van der Waals surface area contributed by atoms with E-state index < -0.39 is 17.9 Å². The molecule has 1 heterocycles. The van der Waals surface area contributed by atoms with Crippen LogP contribution in [0.25, 0.3) is 10.9 Å². The number of para-hydroxylation sites is 1. The number of amides is 2. The molecular weight excluding hydrogens is 492 g/mol. The Hall–Kier alpha value is -3.20. The van der Waals surface area contributed by atoms with Crippen LogP contribution in [0.15, 0.2) is 60.8 Å². The molecule has 0 bridgehead atoms. The molecule has 0 spiro atoms. The van der Waals surface area contributed by atoms with Gasteiger partial charge in [0.2, 0.25) is 11.8 Å². The molecule has 1 aliphatic rings. The lowest BCUT2D eigenvalue weighted by Crippen LogP contribution is -2.63. The van der Waals surface area contributed by atoms with Crippen LogP contribution in [-0.2, 0) is 31.9 Å². The molecule has 39 heavy (non-hydrogen) atoms. The maximum Gasteiger partial charge on any atom is 0.240 e. The maximum atomic E-state index is 13.8. The van der Waals surface area contributed by atoms with Crippen molar-refractivity contribution in [1.82, 2.24) is 20.9 Å². The highest BCUT2D eigenvalue weighted by atomic mass is 16.7. The lowest BCUT2D eigenvalue weighted by Gasteiger charge is -2.36. The molecule has 8 nitrogen and oxygen atoms in total. The molecule has 210 valence electrons. The van der Waals surface area contributed by atoms with Crippen molar-refractivity contribution in [1.29, 1.82) is 0 Å². The van der Waals surface area contributed by atoms with E-state index in [-0.39, 0.29) is 18.4 Å². The zero-order valence-corrected chi connectivity index (χ0v) is 23.1. The van der Waals surface area contributed by atoms with Crippen molar-refractivity contribution in [2.45, 2.75) is 69.2 Å². The molecule has 0 saturated heterocycles. The quantitative estimate of drug-likeness (QED) is 0.197. The first-order valence-corrected chi connectivity index (χ1v) is 14.0. The topological polar surface area (TPSA) is 104 Å². The second-order valence-electron chi connectivity index (χ2n) is 10.4. The van der Waals surface area contributed by atoms with Gasteiger partial charge in [-0.25, -0.2) is 0 Å². The largest absolute Gasteiger partial charge is 0.361 e. The predicted molar refractivity (Wildman–Crippen MR) is 153 cm³/mol. The minimum Gasteiger partial charge on any atom is -0.361 e. The maximum absolute atomic E-state index is 13.8. The highest BCUT2D eigenvalue weighted by molar-refractivity contribution is 5.89. The summed E-state index contributed by atoms with van der Waals surface area (Å²) >= 11 is 0. The first-order chi connectivity index (χ1) is 19.0. The highest BCUT2D eigenvalue weighted by Crippen LogP contribution is 2.29. The number of nitrogens with one attached hydrogen (secondary N) is 4. The first-order valence-electron chi connectivity index (χ1n) is 14.0. The third kappa shape index (κ3) is 7.68. The summed E-state index contributed by atoms with van der Waals surface area (Å²) in [6.07, 6.45) is 8.06. The molecule has 0 unspecified atom stereocenters. The van der Waals surface area contributed by atoms with Gasteiger partial charge in [0, 0.05) is 37.9 Å². The number of fused-ring (bicyclic) bond motifs is 1. The van der Waals surface area contributed by atoms with Crippen molar-refractivity contribution in [3.8, 4) is 0 Å². The molecule has 1 atom stereocenters. The van der Waals surface area contributed by atoms with Crippen molar-refractivity contribution in [2.75, 3.05) is 27.3 Å². The number of aromatic nitrogens is 1. The number of benzene rings is 2. The summed E-state index contributed by atoms with van der Waals surface area (Å²) in [6, 6.07) is 17.6. The molecule has 4 N–H and O–H groups in total. The number of hydrogen-bond donors (Lipinski definition) is 4. The Morgan fingerprint density at radius 3 is 2.33 bits per heavy atom. The van der Waals surface area contributed by atoms with E-state index in [9.17, 15) is 9.59 Å². The molecule has 4 rings (SSSR count). The zero-order valence-electron chi connectivity index (χ0n) is 23.1. The van der Waals surface area contributed by atoms with Crippen molar-refractivity contribution in [3.05, 3.63) is 71.9 Å². The summed E-state index contributed by atoms with van der Waals surface area (Å²) in [5.74, 6) is -0.205. The van der Waals surface area contributed by atoms with Gasteiger partial charge in [-0.3, -0.25) is 14.9 Å². The van der Waals surface area contributed by atoms with Gasteiger partial charge >= 0.3 is 0 Å². The molecule has 2 aromatic carbocycles. The van der Waals surface area contributed by atoms with Gasteiger partial charge in [0.05, 0.1) is 18.1 Å². The zero-order chi connectivity index (χ0) is 27.5. The number of methoxy groups -OCH3 is 2. The van der Waals surface area contributed by atoms with Crippen molar-refractivity contribution in [3.63, 3.8) is 0 Å². The fourth-order valence-corrected chi connectivity index (χ4v) is 5.54. The lowest BCUT2D eigenvalue weighted by molar-refractivity contribution is -0.132. The van der Waals surface area contributed by atoms with Crippen molar-refractivity contribution in [2.24, 2.45) is 0 Å². The molecule has 0 radical (unpaired) electrons. The van der Waals surface area contributed by atoms with Gasteiger partial charge < -0.3 is 25.1 Å². The summed E-state index contributed by atoms with van der Waals surface area (Å²) in [4.78, 5) is 30.8. The van der Waals surface area contributed by atoms with Crippen LogP contribution in [0.3, 0.4) is 0 Å². The van der Waals surface area contributed by atoms with Crippen LogP contribution in [0.4, 0.5) is 0 Å². The molecule has 1 saturated carbocycles. The minimum atomic E-state index is -0.816. The highest BCUT2D eigenvalue weighted by Gasteiger charge is 2.41. The van der Waals surface area contributed by atoms with E-state index in [1.807, 2.05) is 42.6 Å². The van der Waals surface area contributed by atoms with Crippen LogP contribution >= 0.6 is 0 Å². The van der Waals surface area contributed by atoms with Crippen LogP contribution in [0.1, 0.15) is 49.7 Å². The van der Waals surface area contributed by atoms with Gasteiger partial charge in [0.25, 0.3) is 0 Å². The SMILES string of the molecule is COC(CNC(=O)[C@H](Cc1c[nH]c2ccccc12)NC1(C(=O)NCCc2ccccc2)CCCCCC1)OC. The number of H-pyrrole nitrogens is 1. The minimum absolute atomic E-state index is 0.0243. The summed E-state index contributed by atoms with van der Waals surface area (Å²) in [5, 5.41) is 10.8. The van der Waals surface area contributed by atoms with Crippen LogP contribution < -0.4 is 16.0 Å². The molecular formula is C31H42N4O4. The third-order valence-corrected chi connectivity index (χ3v) is 7.77. The van der Waals surface area contributed by atoms with Gasteiger partial charge in [0.1, 0.15) is 0 Å². The normalized spacial score (nSPS) is 16.1. The Morgan fingerprint density at radius 1 is 0.923 bits per heavy atom. The van der Waals surface area contributed by atoms with E-state index in [1.165, 1.54) is 5.56 Å². The van der Waals surface area contributed by atoms with E-state index in [4.69, 9.17) is 9.47 Å². The summed E-state index contributed by atoms with van der Waals surface area (Å²) < 4.78 is 10.5. The Kier molecular flexibility index (Phi) is 10.5. The molecule has 1 aliphatic carbocycles. The number of hydrogen-bond acceptors (Lipinski definition) is 5. The summed E-state index contributed by atoms with van der Waals surface area (Å²) in [6.45, 7) is 0.767. The van der Waals surface area contributed by atoms with Crippen LogP contribution in [0.5, 0.6) is 0 Å².